The summed E-state index contributed by atoms with van der Waals surface area (Å²) in [5.41, 5.74) is 4.91. The van der Waals surface area contributed by atoms with Gasteiger partial charge in [-0.05, 0) is 28.1 Å². The molecule has 0 bridgehead atoms. The smallest absolute Gasteiger partial charge is 0.241 e. The Kier molecular flexibility index (Phi) is 2.84. The van der Waals surface area contributed by atoms with Crippen molar-refractivity contribution in [2.24, 2.45) is 5.73 Å². The molecular weight excluding hydrogens is 226 g/mol. The van der Waals surface area contributed by atoms with E-state index in [-0.39, 0.29) is 0 Å². The highest BCUT2D eigenvalue weighted by molar-refractivity contribution is 9.10. The number of hydrogen-bond acceptors (Lipinski definition) is 2. The van der Waals surface area contributed by atoms with Gasteiger partial charge in [0, 0.05) is 20.8 Å². The van der Waals surface area contributed by atoms with Crippen molar-refractivity contribution in [2.45, 2.75) is 0 Å². The number of carbonyl (C=O) groups excluding carboxylic acids is 1. The average molecular weight is 232 g/mol. The summed E-state index contributed by atoms with van der Waals surface area (Å²) in [6, 6.07) is 1.92. The van der Waals surface area contributed by atoms with Gasteiger partial charge < -0.3 is 5.73 Å². The highest BCUT2D eigenvalue weighted by Gasteiger charge is 1.92. The van der Waals surface area contributed by atoms with Crippen molar-refractivity contribution in [2.75, 3.05) is 0 Å². The van der Waals surface area contributed by atoms with Gasteiger partial charge in [0.25, 0.3) is 0 Å². The van der Waals surface area contributed by atoms with Gasteiger partial charge in [-0.25, -0.2) is 0 Å². The second kappa shape index (κ2) is 3.69. The van der Waals surface area contributed by atoms with Crippen LogP contribution in [0.3, 0.4) is 0 Å². The van der Waals surface area contributed by atoms with Gasteiger partial charge in [-0.15, -0.1) is 11.3 Å². The van der Waals surface area contributed by atoms with Crippen LogP contribution in [0, 0.1) is 0 Å². The number of carbonyl (C=O) groups is 1. The van der Waals surface area contributed by atoms with Crippen molar-refractivity contribution >= 4 is 39.2 Å². The Morgan fingerprint density at radius 2 is 2.45 bits per heavy atom. The van der Waals surface area contributed by atoms with Gasteiger partial charge in [-0.2, -0.15) is 0 Å². The van der Waals surface area contributed by atoms with Gasteiger partial charge in [0.1, 0.15) is 0 Å². The first-order chi connectivity index (χ1) is 5.18. The maximum absolute atomic E-state index is 10.3. The quantitative estimate of drug-likeness (QED) is 0.778. The van der Waals surface area contributed by atoms with Crippen LogP contribution in [-0.4, -0.2) is 5.91 Å². The molecule has 0 saturated carbocycles. The van der Waals surface area contributed by atoms with Crippen LogP contribution in [0.1, 0.15) is 4.88 Å². The van der Waals surface area contributed by atoms with E-state index < -0.39 is 5.91 Å². The molecule has 2 nitrogen and oxygen atoms in total. The molecule has 1 heterocycles. The number of nitrogens with two attached hydrogens (primary N) is 1. The molecule has 0 radical (unpaired) electrons. The Balaban J connectivity index is 2.71. The Morgan fingerprint density at radius 3 is 2.91 bits per heavy atom. The highest BCUT2D eigenvalue weighted by Crippen LogP contribution is 2.20. The zero-order valence-electron chi connectivity index (χ0n) is 5.58. The maximum atomic E-state index is 10.3. The molecule has 0 fully saturated rings. The summed E-state index contributed by atoms with van der Waals surface area (Å²) in [7, 11) is 0. The third kappa shape index (κ3) is 2.86. The first-order valence-electron chi connectivity index (χ1n) is 2.90. The molecule has 0 atom stereocenters. The largest absolute Gasteiger partial charge is 0.366 e. The van der Waals surface area contributed by atoms with Crippen molar-refractivity contribution in [1.82, 2.24) is 0 Å². The Bertz CT molecular complexity index is 292. The van der Waals surface area contributed by atoms with E-state index in [1.54, 1.807) is 17.4 Å². The third-order valence-corrected chi connectivity index (χ3v) is 2.66. The number of halogens is 1. The number of rotatable bonds is 2. The monoisotopic (exact) mass is 231 g/mol. The lowest BCUT2D eigenvalue weighted by Gasteiger charge is -1.80. The zero-order valence-corrected chi connectivity index (χ0v) is 7.98. The predicted molar refractivity (Wildman–Crippen MR) is 50.2 cm³/mol. The van der Waals surface area contributed by atoms with Gasteiger partial charge in [-0.1, -0.05) is 0 Å². The van der Waals surface area contributed by atoms with Crippen LogP contribution in [0.25, 0.3) is 6.08 Å². The topological polar surface area (TPSA) is 43.1 Å². The molecule has 0 unspecified atom stereocenters. The molecule has 1 aromatic heterocycles. The number of thiophene rings is 1. The molecule has 0 aliphatic rings. The minimum atomic E-state index is -0.422. The SMILES string of the molecule is NC(=O)/C=C/c1cc(Br)cs1. The highest BCUT2D eigenvalue weighted by atomic mass is 79.9. The molecule has 0 aliphatic heterocycles. The fourth-order valence-electron chi connectivity index (χ4n) is 0.580. The van der Waals surface area contributed by atoms with Crippen LogP contribution >= 0.6 is 27.3 Å². The van der Waals surface area contributed by atoms with Crippen molar-refractivity contribution in [3.05, 3.63) is 26.9 Å². The summed E-state index contributed by atoms with van der Waals surface area (Å²) < 4.78 is 1.02. The summed E-state index contributed by atoms with van der Waals surface area (Å²) >= 11 is 4.85. The second-order valence-corrected chi connectivity index (χ2v) is 3.76. The molecule has 1 aromatic rings. The van der Waals surface area contributed by atoms with E-state index in [1.165, 1.54) is 6.08 Å². The molecule has 0 spiro atoms. The fraction of sp³-hybridized carbons (Fsp3) is 0. The number of primary amides is 1. The van der Waals surface area contributed by atoms with Gasteiger partial charge >= 0.3 is 0 Å². The fourth-order valence-corrected chi connectivity index (χ4v) is 1.92. The van der Waals surface area contributed by atoms with E-state index >= 15 is 0 Å². The standard InChI is InChI=1S/C7H6BrNOS/c8-5-3-6(11-4-5)1-2-7(9)10/h1-4H,(H2,9,10)/b2-1+. The normalized spacial score (nSPS) is 10.6. The van der Waals surface area contributed by atoms with Crippen LogP contribution in [-0.2, 0) is 4.79 Å². The first kappa shape index (κ1) is 8.49. The Hall–Kier alpha value is -0.610. The van der Waals surface area contributed by atoms with Crippen molar-refractivity contribution in [3.63, 3.8) is 0 Å². The van der Waals surface area contributed by atoms with E-state index in [0.717, 1.165) is 9.35 Å². The molecule has 11 heavy (non-hydrogen) atoms. The maximum Gasteiger partial charge on any atom is 0.241 e. The molecule has 58 valence electrons. The zero-order chi connectivity index (χ0) is 8.27. The molecule has 2 N–H and O–H groups in total. The van der Waals surface area contributed by atoms with Crippen molar-refractivity contribution in [1.29, 1.82) is 0 Å². The molecular formula is C7H6BrNOS. The van der Waals surface area contributed by atoms with Crippen molar-refractivity contribution in [3.8, 4) is 0 Å². The molecule has 1 rings (SSSR count). The van der Waals surface area contributed by atoms with Gasteiger partial charge in [0.2, 0.25) is 5.91 Å². The van der Waals surface area contributed by atoms with Gasteiger partial charge in [-0.3, -0.25) is 4.79 Å². The van der Waals surface area contributed by atoms with Crippen LogP contribution in [0.4, 0.5) is 0 Å². The average Bonchev–Trinajstić information content (AvgIpc) is 2.31. The molecule has 0 aromatic carbocycles. The lowest BCUT2D eigenvalue weighted by atomic mass is 10.4. The van der Waals surface area contributed by atoms with Crippen LogP contribution < -0.4 is 5.73 Å². The molecule has 0 aliphatic carbocycles. The van der Waals surface area contributed by atoms with E-state index in [4.69, 9.17) is 5.73 Å². The van der Waals surface area contributed by atoms with Gasteiger partial charge in [0.15, 0.2) is 0 Å². The number of amides is 1. The lowest BCUT2D eigenvalue weighted by molar-refractivity contribution is -0.113. The summed E-state index contributed by atoms with van der Waals surface area (Å²) in [5.74, 6) is -0.422. The Morgan fingerprint density at radius 1 is 1.73 bits per heavy atom. The lowest BCUT2D eigenvalue weighted by Crippen LogP contribution is -2.04. The summed E-state index contributed by atoms with van der Waals surface area (Å²) in [4.78, 5) is 11.3. The first-order valence-corrected chi connectivity index (χ1v) is 4.57. The van der Waals surface area contributed by atoms with Gasteiger partial charge in [0.05, 0.1) is 0 Å². The molecule has 0 saturated heterocycles. The van der Waals surface area contributed by atoms with Crippen LogP contribution in [0.2, 0.25) is 0 Å². The summed E-state index contributed by atoms with van der Waals surface area (Å²) in [5, 5.41) is 1.95. The second-order valence-electron chi connectivity index (χ2n) is 1.90. The predicted octanol–water partition coefficient (Wildman–Crippen LogP) is 2.01. The Labute approximate surface area is 76.8 Å². The number of hydrogen-bond donors (Lipinski definition) is 1. The van der Waals surface area contributed by atoms with Crippen LogP contribution in [0.5, 0.6) is 0 Å². The van der Waals surface area contributed by atoms with E-state index in [0.29, 0.717) is 0 Å². The van der Waals surface area contributed by atoms with Crippen LogP contribution in [0.15, 0.2) is 22.0 Å². The van der Waals surface area contributed by atoms with E-state index in [9.17, 15) is 4.79 Å². The third-order valence-electron chi connectivity index (χ3n) is 1.000. The van der Waals surface area contributed by atoms with Crippen molar-refractivity contribution < 1.29 is 4.79 Å². The molecule has 4 heteroatoms. The summed E-state index contributed by atoms with van der Waals surface area (Å²) in [6.45, 7) is 0. The van der Waals surface area contributed by atoms with E-state index in [1.807, 2.05) is 11.4 Å². The minimum Gasteiger partial charge on any atom is -0.366 e. The van der Waals surface area contributed by atoms with E-state index in [2.05, 4.69) is 15.9 Å². The summed E-state index contributed by atoms with van der Waals surface area (Å²) in [6.07, 6.45) is 3.04. The minimum absolute atomic E-state index is 0.422. The molecule has 1 amide bonds.